The first-order valence-electron chi connectivity index (χ1n) is 12.7. The van der Waals surface area contributed by atoms with E-state index in [2.05, 4.69) is 4.99 Å². The molecule has 1 aliphatic heterocycles. The van der Waals surface area contributed by atoms with Crippen LogP contribution in [0.1, 0.15) is 44.9 Å². The van der Waals surface area contributed by atoms with Crippen molar-refractivity contribution in [2.45, 2.75) is 33.7 Å². The lowest BCUT2D eigenvalue weighted by Crippen LogP contribution is -2.40. The highest BCUT2D eigenvalue weighted by Gasteiger charge is 2.34. The van der Waals surface area contributed by atoms with E-state index in [0.717, 1.165) is 5.56 Å². The highest BCUT2D eigenvalue weighted by atomic mass is 32.1. The summed E-state index contributed by atoms with van der Waals surface area (Å²) in [4.78, 5) is 32.2. The molecule has 1 aromatic heterocycles. The monoisotopic (exact) mass is 552 g/mol. The van der Waals surface area contributed by atoms with Gasteiger partial charge >= 0.3 is 5.97 Å². The number of fused-ring (bicyclic) bond motifs is 1. The number of nitrogens with zero attached hydrogens (tertiary/aromatic N) is 2. The summed E-state index contributed by atoms with van der Waals surface area (Å²) in [6.45, 7) is 8.36. The molecule has 2 heterocycles. The van der Waals surface area contributed by atoms with Crippen LogP contribution in [0.3, 0.4) is 0 Å². The fraction of sp³-hybridized carbons (Fsp3) is 0.345. The van der Waals surface area contributed by atoms with Crippen LogP contribution in [0.2, 0.25) is 0 Å². The van der Waals surface area contributed by atoms with Crippen molar-refractivity contribution < 1.29 is 28.5 Å². The standard InChI is InChI=1S/C29H32N2O7S/c1-7-36-21-13-11-19(16-23(21)37-8-2)26-25(28(33)38-9-3)17(4)30-29-31(26)27(32)24(39-29)15-18-10-12-20(34-5)22(14-18)35-6/h10-16,26H,7-9H2,1-6H3/b24-15+. The van der Waals surface area contributed by atoms with Crippen LogP contribution in [0.25, 0.3) is 6.08 Å². The highest BCUT2D eigenvalue weighted by Crippen LogP contribution is 2.36. The maximum absolute atomic E-state index is 13.9. The van der Waals surface area contributed by atoms with Crippen molar-refractivity contribution in [3.63, 3.8) is 0 Å². The topological polar surface area (TPSA) is 97.6 Å². The van der Waals surface area contributed by atoms with Crippen LogP contribution >= 0.6 is 11.3 Å². The molecular formula is C29H32N2O7S. The summed E-state index contributed by atoms with van der Waals surface area (Å²) in [5, 5.41) is 0. The first-order chi connectivity index (χ1) is 18.9. The Kier molecular flexibility index (Phi) is 8.75. The number of ether oxygens (including phenoxy) is 5. The Morgan fingerprint density at radius 1 is 0.949 bits per heavy atom. The predicted octanol–water partition coefficient (Wildman–Crippen LogP) is 3.61. The van der Waals surface area contributed by atoms with Crippen molar-refractivity contribution in [2.24, 2.45) is 4.99 Å². The molecule has 0 radical (unpaired) electrons. The molecule has 10 heteroatoms. The summed E-state index contributed by atoms with van der Waals surface area (Å²) < 4.78 is 29.7. The second-order valence-corrected chi connectivity index (χ2v) is 9.50. The maximum atomic E-state index is 13.9. The van der Waals surface area contributed by atoms with Gasteiger partial charge in [-0.2, -0.15) is 0 Å². The molecule has 0 aliphatic carbocycles. The van der Waals surface area contributed by atoms with Gasteiger partial charge in [0.15, 0.2) is 27.8 Å². The minimum Gasteiger partial charge on any atom is -0.493 e. The summed E-state index contributed by atoms with van der Waals surface area (Å²) in [5.41, 5.74) is 1.95. The van der Waals surface area contributed by atoms with Crippen molar-refractivity contribution in [2.75, 3.05) is 34.0 Å². The van der Waals surface area contributed by atoms with Gasteiger partial charge in [0.1, 0.15) is 0 Å². The molecule has 1 aliphatic rings. The van der Waals surface area contributed by atoms with Gasteiger partial charge in [-0.05, 0) is 69.2 Å². The third-order valence-electron chi connectivity index (χ3n) is 6.11. The first-order valence-corrected chi connectivity index (χ1v) is 13.5. The number of esters is 1. The number of carbonyl (C=O) groups excluding carboxylic acids is 1. The number of rotatable bonds is 10. The SMILES string of the molecule is CCOC(=O)C1=C(C)N=c2s/c(=C/c3ccc(OC)c(OC)c3)c(=O)n2C1c1ccc(OCC)c(OCC)c1. The average Bonchev–Trinajstić information content (AvgIpc) is 3.23. The summed E-state index contributed by atoms with van der Waals surface area (Å²) in [6.07, 6.45) is 1.77. The number of carbonyl (C=O) groups is 1. The van der Waals surface area contributed by atoms with Gasteiger partial charge in [-0.25, -0.2) is 9.79 Å². The summed E-state index contributed by atoms with van der Waals surface area (Å²) in [6, 6.07) is 10.1. The number of allylic oxidation sites excluding steroid dienone is 1. The normalized spacial score (nSPS) is 14.9. The lowest BCUT2D eigenvalue weighted by Gasteiger charge is -2.25. The van der Waals surface area contributed by atoms with Gasteiger partial charge in [-0.3, -0.25) is 9.36 Å². The van der Waals surface area contributed by atoms with Crippen LogP contribution in [-0.2, 0) is 9.53 Å². The smallest absolute Gasteiger partial charge is 0.338 e. The first kappa shape index (κ1) is 28.0. The number of hydrogen-bond acceptors (Lipinski definition) is 9. The summed E-state index contributed by atoms with van der Waals surface area (Å²) in [7, 11) is 3.12. The number of aromatic nitrogens is 1. The molecule has 0 amide bonds. The van der Waals surface area contributed by atoms with E-state index in [1.54, 1.807) is 56.9 Å². The highest BCUT2D eigenvalue weighted by molar-refractivity contribution is 7.07. The lowest BCUT2D eigenvalue weighted by atomic mass is 9.95. The predicted molar refractivity (Wildman–Crippen MR) is 149 cm³/mol. The van der Waals surface area contributed by atoms with Crippen molar-refractivity contribution in [1.29, 1.82) is 0 Å². The molecule has 0 spiro atoms. The van der Waals surface area contributed by atoms with Crippen molar-refractivity contribution in [3.8, 4) is 23.0 Å². The molecule has 206 valence electrons. The van der Waals surface area contributed by atoms with E-state index in [4.69, 9.17) is 23.7 Å². The Balaban J connectivity index is 1.94. The Labute approximate surface area is 230 Å². The number of methoxy groups -OCH3 is 2. The minimum absolute atomic E-state index is 0.194. The van der Waals surface area contributed by atoms with Crippen LogP contribution in [0.4, 0.5) is 0 Å². The van der Waals surface area contributed by atoms with Crippen LogP contribution in [0.15, 0.2) is 57.5 Å². The number of thiazole rings is 1. The van der Waals surface area contributed by atoms with E-state index in [9.17, 15) is 9.59 Å². The molecule has 9 nitrogen and oxygen atoms in total. The van der Waals surface area contributed by atoms with Crippen molar-refractivity contribution in [3.05, 3.63) is 78.5 Å². The molecule has 3 aromatic rings. The minimum atomic E-state index is -0.761. The maximum Gasteiger partial charge on any atom is 0.338 e. The van der Waals surface area contributed by atoms with Gasteiger partial charge in [-0.1, -0.05) is 23.5 Å². The zero-order valence-corrected chi connectivity index (χ0v) is 23.7. The van der Waals surface area contributed by atoms with E-state index in [1.165, 1.54) is 11.3 Å². The summed E-state index contributed by atoms with van der Waals surface area (Å²) >= 11 is 1.25. The fourth-order valence-corrected chi connectivity index (χ4v) is 5.49. The molecule has 1 atom stereocenters. The van der Waals surface area contributed by atoms with Gasteiger partial charge in [-0.15, -0.1) is 0 Å². The Hall–Kier alpha value is -4.05. The number of benzene rings is 2. The van der Waals surface area contributed by atoms with Gasteiger partial charge in [0.05, 0.1) is 55.9 Å². The van der Waals surface area contributed by atoms with Crippen LogP contribution < -0.4 is 33.8 Å². The molecule has 1 unspecified atom stereocenters. The Morgan fingerprint density at radius 2 is 1.64 bits per heavy atom. The Morgan fingerprint density at radius 3 is 2.31 bits per heavy atom. The van der Waals surface area contributed by atoms with Crippen molar-refractivity contribution >= 4 is 23.4 Å². The van der Waals surface area contributed by atoms with Gasteiger partial charge in [0.25, 0.3) is 5.56 Å². The third kappa shape index (κ3) is 5.56. The molecule has 0 fully saturated rings. The van der Waals surface area contributed by atoms with E-state index < -0.39 is 12.0 Å². The fourth-order valence-electron chi connectivity index (χ4n) is 4.44. The molecular weight excluding hydrogens is 520 g/mol. The van der Waals surface area contributed by atoms with Crippen molar-refractivity contribution in [1.82, 2.24) is 4.57 Å². The molecule has 4 rings (SSSR count). The molecule has 0 bridgehead atoms. The van der Waals surface area contributed by atoms with E-state index in [0.29, 0.717) is 62.4 Å². The zero-order chi connectivity index (χ0) is 28.1. The summed E-state index contributed by atoms with van der Waals surface area (Å²) in [5.74, 6) is 1.73. The van der Waals surface area contributed by atoms with Crippen LogP contribution in [0.5, 0.6) is 23.0 Å². The molecule has 0 N–H and O–H groups in total. The van der Waals surface area contributed by atoms with Gasteiger partial charge in [0, 0.05) is 0 Å². The molecule has 2 aromatic carbocycles. The molecule has 0 saturated heterocycles. The molecule has 39 heavy (non-hydrogen) atoms. The van der Waals surface area contributed by atoms with Gasteiger partial charge < -0.3 is 23.7 Å². The lowest BCUT2D eigenvalue weighted by molar-refractivity contribution is -0.139. The quantitative estimate of drug-likeness (QED) is 0.355. The van der Waals surface area contributed by atoms with Gasteiger partial charge in [0.2, 0.25) is 0 Å². The zero-order valence-electron chi connectivity index (χ0n) is 22.9. The van der Waals surface area contributed by atoms with Crippen LogP contribution in [0, 0.1) is 0 Å². The van der Waals surface area contributed by atoms with Crippen LogP contribution in [-0.4, -0.2) is 44.6 Å². The largest absolute Gasteiger partial charge is 0.493 e. The van der Waals surface area contributed by atoms with E-state index in [-0.39, 0.29) is 12.2 Å². The third-order valence-corrected chi connectivity index (χ3v) is 7.09. The molecule has 0 saturated carbocycles. The second kappa shape index (κ2) is 12.2. The Bertz CT molecular complexity index is 1590. The van der Waals surface area contributed by atoms with E-state index >= 15 is 0 Å². The average molecular weight is 553 g/mol. The second-order valence-electron chi connectivity index (χ2n) is 8.49. The number of hydrogen-bond donors (Lipinski definition) is 0. The van der Waals surface area contributed by atoms with E-state index in [1.807, 2.05) is 32.0 Å².